The lowest BCUT2D eigenvalue weighted by Gasteiger charge is -2.21. The molecule has 7 nitrogen and oxygen atoms in total. The number of hydrogen-bond acceptors (Lipinski definition) is 6. The topological polar surface area (TPSA) is 93.4 Å². The number of nitrogens with zero attached hydrogens (tertiary/aromatic N) is 3. The Hall–Kier alpha value is -2.05. The Kier molecular flexibility index (Phi) is 4.82. The maximum absolute atomic E-state index is 11.3. The molecule has 0 bridgehead atoms. The fourth-order valence-corrected chi connectivity index (χ4v) is 2.51. The lowest BCUT2D eigenvalue weighted by Crippen LogP contribution is -2.37. The fourth-order valence-electron chi connectivity index (χ4n) is 2.51. The van der Waals surface area contributed by atoms with Crippen molar-refractivity contribution in [1.29, 1.82) is 0 Å². The van der Waals surface area contributed by atoms with Crippen molar-refractivity contribution in [2.45, 2.75) is 39.2 Å². The number of anilines is 2. The van der Waals surface area contributed by atoms with Crippen molar-refractivity contribution in [3.8, 4) is 0 Å². The van der Waals surface area contributed by atoms with Crippen molar-refractivity contribution in [3.63, 3.8) is 0 Å². The van der Waals surface area contributed by atoms with Gasteiger partial charge in [0.15, 0.2) is 0 Å². The lowest BCUT2D eigenvalue weighted by atomic mass is 10.2. The van der Waals surface area contributed by atoms with Gasteiger partial charge in [0.25, 0.3) is 0 Å². The maximum atomic E-state index is 11.3. The van der Waals surface area contributed by atoms with E-state index in [9.17, 15) is 4.79 Å². The van der Waals surface area contributed by atoms with E-state index >= 15 is 0 Å². The van der Waals surface area contributed by atoms with Gasteiger partial charge < -0.3 is 20.7 Å². The summed E-state index contributed by atoms with van der Waals surface area (Å²) in [5, 5.41) is 2.82. The third-order valence-electron chi connectivity index (χ3n) is 3.67. The Morgan fingerprint density at radius 1 is 1.52 bits per heavy atom. The van der Waals surface area contributed by atoms with Crippen molar-refractivity contribution in [1.82, 2.24) is 15.3 Å². The van der Waals surface area contributed by atoms with Gasteiger partial charge in [-0.1, -0.05) is 6.92 Å². The molecule has 0 saturated carbocycles. The first-order valence-electron chi connectivity index (χ1n) is 7.27. The van der Waals surface area contributed by atoms with Crippen LogP contribution in [0.5, 0.6) is 0 Å². The summed E-state index contributed by atoms with van der Waals surface area (Å²) in [4.78, 5) is 22.4. The number of nitrogen functional groups attached to an aromatic ring is 1. The molecule has 2 heterocycles. The highest BCUT2D eigenvalue weighted by atomic mass is 16.5. The molecule has 21 heavy (non-hydrogen) atoms. The number of aryl methyl sites for hydroxylation is 1. The minimum Gasteiger partial charge on any atom is -0.453 e. The van der Waals surface area contributed by atoms with E-state index in [2.05, 4.69) is 31.8 Å². The van der Waals surface area contributed by atoms with Crippen LogP contribution in [0, 0.1) is 6.92 Å². The smallest absolute Gasteiger partial charge is 0.407 e. The zero-order valence-electron chi connectivity index (χ0n) is 12.8. The second-order valence-corrected chi connectivity index (χ2v) is 5.29. The molecule has 7 heteroatoms. The number of nitrogens with two attached hydrogens (primary N) is 1. The molecule has 0 spiro atoms. The Bertz CT molecular complexity index is 520. The van der Waals surface area contributed by atoms with E-state index in [1.165, 1.54) is 7.11 Å². The normalized spacial score (nSPS) is 17.9. The first-order chi connectivity index (χ1) is 10.0. The Morgan fingerprint density at radius 3 is 2.95 bits per heavy atom. The first-order valence-corrected chi connectivity index (χ1v) is 7.27. The summed E-state index contributed by atoms with van der Waals surface area (Å²) in [6.07, 6.45) is 2.26. The van der Waals surface area contributed by atoms with E-state index in [4.69, 9.17) is 5.73 Å². The van der Waals surface area contributed by atoms with Crippen molar-refractivity contribution >= 4 is 17.7 Å². The Balaban J connectivity index is 2.13. The first kappa shape index (κ1) is 15.3. The maximum Gasteiger partial charge on any atom is 0.407 e. The summed E-state index contributed by atoms with van der Waals surface area (Å²) >= 11 is 0. The molecular weight excluding hydrogens is 270 g/mol. The van der Waals surface area contributed by atoms with E-state index < -0.39 is 6.09 Å². The minimum atomic E-state index is -0.396. The van der Waals surface area contributed by atoms with Crippen LogP contribution in [0.15, 0.2) is 0 Å². The van der Waals surface area contributed by atoms with Crippen LogP contribution in [0.2, 0.25) is 0 Å². The average Bonchev–Trinajstić information content (AvgIpc) is 2.91. The number of amides is 1. The summed E-state index contributed by atoms with van der Waals surface area (Å²) in [5.74, 6) is 2.19. The number of carbonyl (C=O) groups is 1. The predicted octanol–water partition coefficient (Wildman–Crippen LogP) is 1.25. The average molecular weight is 293 g/mol. The predicted molar refractivity (Wildman–Crippen MR) is 81.3 cm³/mol. The largest absolute Gasteiger partial charge is 0.453 e. The second kappa shape index (κ2) is 6.60. The van der Waals surface area contributed by atoms with Crippen LogP contribution in [0.25, 0.3) is 0 Å². The molecule has 1 aromatic heterocycles. The molecule has 1 aliphatic heterocycles. The van der Waals surface area contributed by atoms with E-state index in [-0.39, 0.29) is 6.04 Å². The summed E-state index contributed by atoms with van der Waals surface area (Å²) < 4.78 is 4.63. The summed E-state index contributed by atoms with van der Waals surface area (Å²) in [5.41, 5.74) is 6.89. The highest BCUT2D eigenvalue weighted by Gasteiger charge is 2.27. The van der Waals surface area contributed by atoms with Gasteiger partial charge in [0.05, 0.1) is 13.2 Å². The van der Waals surface area contributed by atoms with Crippen LogP contribution in [0.4, 0.5) is 16.4 Å². The molecule has 1 aromatic rings. The zero-order valence-corrected chi connectivity index (χ0v) is 12.8. The van der Waals surface area contributed by atoms with Gasteiger partial charge >= 0.3 is 6.09 Å². The van der Waals surface area contributed by atoms with Gasteiger partial charge in [0, 0.05) is 25.1 Å². The third-order valence-corrected chi connectivity index (χ3v) is 3.67. The van der Waals surface area contributed by atoms with Crippen LogP contribution in [-0.4, -0.2) is 42.3 Å². The standard InChI is InChI=1S/C14H23N5O2/c1-4-5-11-17-12(15)9(2)13(18-11)19-7-6-10(8-19)16-14(20)21-3/h10H,4-8H2,1-3H3,(H,16,20)(H2,15,17,18). The summed E-state index contributed by atoms with van der Waals surface area (Å²) in [7, 11) is 1.37. The van der Waals surface area contributed by atoms with Gasteiger partial charge in [-0.25, -0.2) is 14.8 Å². The number of hydrogen-bond donors (Lipinski definition) is 2. The fraction of sp³-hybridized carbons (Fsp3) is 0.643. The third kappa shape index (κ3) is 3.53. The molecule has 0 aromatic carbocycles. The molecule has 1 atom stereocenters. The van der Waals surface area contributed by atoms with E-state index in [0.717, 1.165) is 43.0 Å². The summed E-state index contributed by atoms with van der Waals surface area (Å²) in [6, 6.07) is 0.0719. The van der Waals surface area contributed by atoms with Gasteiger partial charge in [0.2, 0.25) is 0 Å². The highest BCUT2D eigenvalue weighted by molar-refractivity contribution is 5.67. The molecule has 1 unspecified atom stereocenters. The van der Waals surface area contributed by atoms with Gasteiger partial charge in [-0.2, -0.15) is 0 Å². The molecule has 0 aliphatic carbocycles. The zero-order chi connectivity index (χ0) is 15.4. The molecule has 0 radical (unpaired) electrons. The second-order valence-electron chi connectivity index (χ2n) is 5.29. The molecule has 1 amide bonds. The lowest BCUT2D eigenvalue weighted by molar-refractivity contribution is 0.167. The van der Waals surface area contributed by atoms with E-state index in [1.54, 1.807) is 0 Å². The molecule has 1 saturated heterocycles. The van der Waals surface area contributed by atoms with Gasteiger partial charge in [-0.3, -0.25) is 0 Å². The Labute approximate surface area is 124 Å². The quantitative estimate of drug-likeness (QED) is 0.868. The SMILES string of the molecule is CCCc1nc(N)c(C)c(N2CCC(NC(=O)OC)C2)n1. The van der Waals surface area contributed by atoms with Crippen molar-refractivity contribution < 1.29 is 9.53 Å². The van der Waals surface area contributed by atoms with Gasteiger partial charge in [-0.15, -0.1) is 0 Å². The molecule has 2 rings (SSSR count). The summed E-state index contributed by atoms with van der Waals surface area (Å²) in [6.45, 7) is 5.56. The molecular formula is C14H23N5O2. The van der Waals surface area contributed by atoms with Gasteiger partial charge in [-0.05, 0) is 19.8 Å². The van der Waals surface area contributed by atoms with Gasteiger partial charge in [0.1, 0.15) is 17.5 Å². The van der Waals surface area contributed by atoms with Crippen LogP contribution in [0.3, 0.4) is 0 Å². The van der Waals surface area contributed by atoms with Crippen molar-refractivity contribution in [2.75, 3.05) is 30.8 Å². The highest BCUT2D eigenvalue weighted by Crippen LogP contribution is 2.25. The number of methoxy groups -OCH3 is 1. The van der Waals surface area contributed by atoms with E-state index in [1.807, 2.05) is 6.92 Å². The van der Waals surface area contributed by atoms with E-state index in [0.29, 0.717) is 12.4 Å². The van der Waals surface area contributed by atoms with Crippen LogP contribution in [0.1, 0.15) is 31.2 Å². The molecule has 1 aliphatic rings. The number of nitrogens with one attached hydrogen (secondary N) is 1. The number of carbonyl (C=O) groups excluding carboxylic acids is 1. The van der Waals surface area contributed by atoms with Crippen molar-refractivity contribution in [2.24, 2.45) is 0 Å². The minimum absolute atomic E-state index is 0.0719. The van der Waals surface area contributed by atoms with Crippen molar-refractivity contribution in [3.05, 3.63) is 11.4 Å². The molecule has 3 N–H and O–H groups in total. The number of alkyl carbamates (subject to hydrolysis) is 1. The van der Waals surface area contributed by atoms with Crippen LogP contribution < -0.4 is 16.0 Å². The molecule has 116 valence electrons. The van der Waals surface area contributed by atoms with Crippen LogP contribution in [-0.2, 0) is 11.2 Å². The Morgan fingerprint density at radius 2 is 2.29 bits per heavy atom. The number of rotatable bonds is 4. The number of ether oxygens (including phenoxy) is 1. The molecule has 1 fully saturated rings. The van der Waals surface area contributed by atoms with Crippen LogP contribution >= 0.6 is 0 Å². The number of aromatic nitrogens is 2. The monoisotopic (exact) mass is 293 g/mol.